The van der Waals surface area contributed by atoms with E-state index < -0.39 is 0 Å². The Morgan fingerprint density at radius 2 is 2.36 bits per heavy atom. The van der Waals surface area contributed by atoms with E-state index in [9.17, 15) is 0 Å². The molecule has 0 aromatic carbocycles. The zero-order valence-corrected chi connectivity index (χ0v) is 8.61. The minimum Gasteiger partial charge on any atom is -0.381 e. The second-order valence-corrected chi connectivity index (χ2v) is 3.79. The van der Waals surface area contributed by atoms with Crippen LogP contribution < -0.4 is 0 Å². The molecule has 0 N–H and O–H groups in total. The number of unbranched alkanes of at least 4 members (excludes halogenated alkanes) is 1. The predicted octanol–water partition coefficient (Wildman–Crippen LogP) is 2.13. The van der Waals surface area contributed by atoms with Crippen LogP contribution in [0, 0.1) is 5.41 Å². The molecular formula is C9H17N3O2. The second-order valence-electron chi connectivity index (χ2n) is 3.79. The minimum atomic E-state index is -0.0417. The number of hydrogen-bond donors (Lipinski definition) is 0. The van der Waals surface area contributed by atoms with Gasteiger partial charge in [0.25, 0.3) is 0 Å². The van der Waals surface area contributed by atoms with Crippen LogP contribution in [0.2, 0.25) is 0 Å². The van der Waals surface area contributed by atoms with Crippen molar-refractivity contribution in [2.45, 2.75) is 19.8 Å². The van der Waals surface area contributed by atoms with Crippen LogP contribution in [0.1, 0.15) is 19.8 Å². The molecule has 0 aliphatic carbocycles. The highest BCUT2D eigenvalue weighted by Gasteiger charge is 2.38. The third-order valence-electron chi connectivity index (χ3n) is 2.34. The molecule has 0 unspecified atom stereocenters. The van der Waals surface area contributed by atoms with Crippen molar-refractivity contribution in [2.24, 2.45) is 10.5 Å². The van der Waals surface area contributed by atoms with E-state index in [1.807, 2.05) is 0 Å². The van der Waals surface area contributed by atoms with Crippen molar-refractivity contribution >= 4 is 0 Å². The summed E-state index contributed by atoms with van der Waals surface area (Å²) >= 11 is 0. The highest BCUT2D eigenvalue weighted by atomic mass is 16.5. The van der Waals surface area contributed by atoms with Gasteiger partial charge in [-0.25, -0.2) is 0 Å². The first kappa shape index (κ1) is 11.3. The maximum Gasteiger partial charge on any atom is 0.0568 e. The van der Waals surface area contributed by atoms with Crippen LogP contribution >= 0.6 is 0 Å². The fourth-order valence-corrected chi connectivity index (χ4v) is 1.33. The van der Waals surface area contributed by atoms with Crippen molar-refractivity contribution in [3.05, 3.63) is 10.4 Å². The molecule has 0 aromatic rings. The predicted molar refractivity (Wildman–Crippen MR) is 53.0 cm³/mol. The molecule has 0 aromatic heterocycles. The first-order chi connectivity index (χ1) is 6.83. The van der Waals surface area contributed by atoms with Gasteiger partial charge >= 0.3 is 0 Å². The number of hydrogen-bond acceptors (Lipinski definition) is 3. The molecule has 1 heterocycles. The number of nitrogens with zero attached hydrogens (tertiary/aromatic N) is 3. The highest BCUT2D eigenvalue weighted by Crippen LogP contribution is 2.28. The van der Waals surface area contributed by atoms with Crippen molar-refractivity contribution in [3.63, 3.8) is 0 Å². The molecule has 1 aliphatic rings. The summed E-state index contributed by atoms with van der Waals surface area (Å²) in [5.74, 6) is 0. The fourth-order valence-electron chi connectivity index (χ4n) is 1.33. The molecule has 0 saturated carbocycles. The smallest absolute Gasteiger partial charge is 0.0568 e. The van der Waals surface area contributed by atoms with Crippen LogP contribution in [0.25, 0.3) is 10.4 Å². The monoisotopic (exact) mass is 199 g/mol. The van der Waals surface area contributed by atoms with Crippen LogP contribution in [0.15, 0.2) is 5.11 Å². The molecule has 1 rings (SSSR count). The Morgan fingerprint density at radius 3 is 2.86 bits per heavy atom. The van der Waals surface area contributed by atoms with Gasteiger partial charge in [-0.2, -0.15) is 0 Å². The molecule has 0 spiro atoms. The average molecular weight is 199 g/mol. The summed E-state index contributed by atoms with van der Waals surface area (Å²) in [6.07, 6.45) is 2.22. The number of rotatable bonds is 7. The van der Waals surface area contributed by atoms with E-state index in [-0.39, 0.29) is 5.41 Å². The largest absolute Gasteiger partial charge is 0.381 e. The lowest BCUT2D eigenvalue weighted by Gasteiger charge is -2.39. The lowest BCUT2D eigenvalue weighted by Crippen LogP contribution is -2.48. The standard InChI is InChI=1S/C9H17N3O2/c1-2-3-4-13-6-9(5-11-12-10)7-14-8-9/h2-8H2,1H3. The zero-order chi connectivity index (χ0) is 10.3. The summed E-state index contributed by atoms with van der Waals surface area (Å²) in [6.45, 7) is 5.35. The van der Waals surface area contributed by atoms with Crippen LogP contribution in [0.5, 0.6) is 0 Å². The molecule has 1 aliphatic heterocycles. The summed E-state index contributed by atoms with van der Waals surface area (Å²) in [7, 11) is 0. The summed E-state index contributed by atoms with van der Waals surface area (Å²) < 4.78 is 10.6. The molecule has 0 radical (unpaired) electrons. The Labute approximate surface area is 84.0 Å². The average Bonchev–Trinajstić information content (AvgIpc) is 2.15. The Bertz CT molecular complexity index is 210. The Kier molecular flexibility index (Phi) is 4.73. The summed E-state index contributed by atoms with van der Waals surface area (Å²) in [4.78, 5) is 2.76. The van der Waals surface area contributed by atoms with Gasteiger partial charge in [0.15, 0.2) is 0 Å². The summed E-state index contributed by atoms with van der Waals surface area (Å²) in [5.41, 5.74) is 8.19. The zero-order valence-electron chi connectivity index (χ0n) is 8.61. The van der Waals surface area contributed by atoms with Crippen molar-refractivity contribution in [1.29, 1.82) is 0 Å². The maximum atomic E-state index is 8.24. The van der Waals surface area contributed by atoms with E-state index in [4.69, 9.17) is 15.0 Å². The van der Waals surface area contributed by atoms with Gasteiger partial charge in [0, 0.05) is 23.5 Å². The highest BCUT2D eigenvalue weighted by molar-refractivity contribution is 4.87. The number of azide groups is 1. The first-order valence-corrected chi connectivity index (χ1v) is 4.99. The SMILES string of the molecule is CCCCOCC1(CN=[N+]=[N-])COC1. The van der Waals surface area contributed by atoms with Gasteiger partial charge in [0.1, 0.15) is 0 Å². The normalized spacial score (nSPS) is 18.4. The van der Waals surface area contributed by atoms with Crippen molar-refractivity contribution in [2.75, 3.05) is 33.0 Å². The molecule has 0 bridgehead atoms. The van der Waals surface area contributed by atoms with E-state index in [0.29, 0.717) is 26.4 Å². The molecule has 1 fully saturated rings. The van der Waals surface area contributed by atoms with Crippen molar-refractivity contribution in [1.82, 2.24) is 0 Å². The Morgan fingerprint density at radius 1 is 1.57 bits per heavy atom. The molecular weight excluding hydrogens is 182 g/mol. The van der Waals surface area contributed by atoms with Gasteiger partial charge in [0.05, 0.1) is 19.8 Å². The van der Waals surface area contributed by atoms with Gasteiger partial charge < -0.3 is 9.47 Å². The minimum absolute atomic E-state index is 0.0417. The lowest BCUT2D eigenvalue weighted by atomic mass is 9.87. The molecule has 0 atom stereocenters. The second kappa shape index (κ2) is 5.86. The van der Waals surface area contributed by atoms with E-state index in [1.54, 1.807) is 0 Å². The maximum absolute atomic E-state index is 8.24. The van der Waals surface area contributed by atoms with Crippen LogP contribution in [0.4, 0.5) is 0 Å². The van der Waals surface area contributed by atoms with Gasteiger partial charge in [0.2, 0.25) is 0 Å². The van der Waals surface area contributed by atoms with Crippen molar-refractivity contribution in [3.8, 4) is 0 Å². The molecule has 14 heavy (non-hydrogen) atoms. The van der Waals surface area contributed by atoms with Gasteiger partial charge in [-0.05, 0) is 12.0 Å². The van der Waals surface area contributed by atoms with E-state index in [0.717, 1.165) is 19.4 Å². The number of ether oxygens (including phenoxy) is 2. The van der Waals surface area contributed by atoms with Gasteiger partial charge in [-0.1, -0.05) is 18.5 Å². The fraction of sp³-hybridized carbons (Fsp3) is 1.00. The summed E-state index contributed by atoms with van der Waals surface area (Å²) in [5, 5.41) is 3.59. The molecule has 0 amide bonds. The molecule has 80 valence electrons. The first-order valence-electron chi connectivity index (χ1n) is 4.99. The van der Waals surface area contributed by atoms with Crippen LogP contribution in [-0.4, -0.2) is 33.0 Å². The Balaban J connectivity index is 2.20. The topological polar surface area (TPSA) is 67.2 Å². The van der Waals surface area contributed by atoms with E-state index in [2.05, 4.69) is 16.9 Å². The molecule has 5 heteroatoms. The van der Waals surface area contributed by atoms with Crippen molar-refractivity contribution < 1.29 is 9.47 Å². The quantitative estimate of drug-likeness (QED) is 0.273. The lowest BCUT2D eigenvalue weighted by molar-refractivity contribution is -0.142. The van der Waals surface area contributed by atoms with Crippen LogP contribution in [0.3, 0.4) is 0 Å². The third-order valence-corrected chi connectivity index (χ3v) is 2.34. The summed E-state index contributed by atoms with van der Waals surface area (Å²) in [6, 6.07) is 0. The van der Waals surface area contributed by atoms with Gasteiger partial charge in [-0.3, -0.25) is 0 Å². The third kappa shape index (κ3) is 3.18. The molecule has 1 saturated heterocycles. The van der Waals surface area contributed by atoms with Crippen LogP contribution in [-0.2, 0) is 9.47 Å². The molecule has 5 nitrogen and oxygen atoms in total. The van der Waals surface area contributed by atoms with E-state index in [1.165, 1.54) is 0 Å². The Hall–Kier alpha value is -0.770. The van der Waals surface area contributed by atoms with E-state index >= 15 is 0 Å². The van der Waals surface area contributed by atoms with Gasteiger partial charge in [-0.15, -0.1) is 0 Å².